The van der Waals surface area contributed by atoms with Crippen molar-refractivity contribution in [1.82, 2.24) is 9.78 Å². The highest BCUT2D eigenvalue weighted by molar-refractivity contribution is 5.69. The van der Waals surface area contributed by atoms with Crippen molar-refractivity contribution in [1.29, 1.82) is 0 Å². The van der Waals surface area contributed by atoms with Crippen LogP contribution < -0.4 is 10.5 Å². The summed E-state index contributed by atoms with van der Waals surface area (Å²) in [4.78, 5) is 26.1. The van der Waals surface area contributed by atoms with Crippen LogP contribution in [0, 0.1) is 0 Å². The molecule has 1 fully saturated rings. The number of hydrogen-bond donors (Lipinski definition) is 0. The molecule has 1 aromatic carbocycles. The predicted molar refractivity (Wildman–Crippen MR) is 86.2 cm³/mol. The van der Waals surface area contributed by atoms with E-state index in [0.717, 1.165) is 41.9 Å². The van der Waals surface area contributed by atoms with E-state index < -0.39 is 5.97 Å². The van der Waals surface area contributed by atoms with Gasteiger partial charge in [-0.15, -0.1) is 0 Å². The molecule has 0 spiro atoms. The normalized spacial score (nSPS) is 14.0. The highest BCUT2D eigenvalue weighted by atomic mass is 16.5. The van der Waals surface area contributed by atoms with Crippen LogP contribution in [-0.4, -0.2) is 28.8 Å². The maximum absolute atomic E-state index is 12.1. The summed E-state index contributed by atoms with van der Waals surface area (Å²) in [6.07, 6.45) is 3.90. The zero-order valence-electron chi connectivity index (χ0n) is 12.9. The molecule has 2 heterocycles. The Morgan fingerprint density at radius 1 is 1.17 bits per heavy atom. The van der Waals surface area contributed by atoms with E-state index in [1.807, 2.05) is 30.3 Å². The smallest absolute Gasteiger partial charge is 0.328 e. The first kappa shape index (κ1) is 15.3. The number of rotatable bonds is 5. The fourth-order valence-electron chi connectivity index (χ4n) is 2.60. The number of hydrogen-bond acceptors (Lipinski definition) is 5. The molecule has 6 heteroatoms. The molecule has 23 heavy (non-hydrogen) atoms. The molecule has 1 aromatic heterocycles. The van der Waals surface area contributed by atoms with Crippen molar-refractivity contribution in [3.05, 3.63) is 58.5 Å². The SMILES string of the molecule is O=C(Cn1ncc(N2CCCC2)cc1=O)OCc1ccccc1. The standard InChI is InChI=1S/C17H19N3O3/c21-16-10-15(19-8-4-5-9-19)11-18-20(16)12-17(22)23-13-14-6-2-1-3-7-14/h1-3,6-7,10-11H,4-5,8-9,12-13H2. The van der Waals surface area contributed by atoms with Crippen molar-refractivity contribution in [2.75, 3.05) is 18.0 Å². The fraction of sp³-hybridized carbons (Fsp3) is 0.353. The van der Waals surface area contributed by atoms with Gasteiger partial charge in [0.2, 0.25) is 0 Å². The molecule has 0 unspecified atom stereocenters. The third kappa shape index (κ3) is 3.97. The Hall–Kier alpha value is -2.63. The molecule has 3 rings (SSSR count). The number of aromatic nitrogens is 2. The third-order valence-electron chi connectivity index (χ3n) is 3.85. The Morgan fingerprint density at radius 2 is 1.91 bits per heavy atom. The molecular formula is C17H19N3O3. The second kappa shape index (κ2) is 7.09. The highest BCUT2D eigenvalue weighted by Crippen LogP contribution is 2.16. The summed E-state index contributed by atoms with van der Waals surface area (Å²) in [6.45, 7) is 1.92. The lowest BCUT2D eigenvalue weighted by molar-refractivity contribution is -0.146. The Kier molecular flexibility index (Phi) is 4.71. The lowest BCUT2D eigenvalue weighted by atomic mass is 10.2. The van der Waals surface area contributed by atoms with Crippen molar-refractivity contribution < 1.29 is 9.53 Å². The average Bonchev–Trinajstić information content (AvgIpc) is 3.10. The molecule has 0 N–H and O–H groups in total. The van der Waals surface area contributed by atoms with Crippen molar-refractivity contribution in [3.8, 4) is 0 Å². The monoisotopic (exact) mass is 313 g/mol. The van der Waals surface area contributed by atoms with Crippen molar-refractivity contribution in [2.45, 2.75) is 26.0 Å². The molecule has 0 bridgehead atoms. The quantitative estimate of drug-likeness (QED) is 0.784. The molecular weight excluding hydrogens is 294 g/mol. The van der Waals surface area contributed by atoms with Crippen LogP contribution >= 0.6 is 0 Å². The number of carbonyl (C=O) groups is 1. The van der Waals surface area contributed by atoms with Crippen LogP contribution in [0.4, 0.5) is 5.69 Å². The molecule has 6 nitrogen and oxygen atoms in total. The number of carbonyl (C=O) groups excluding carboxylic acids is 1. The summed E-state index contributed by atoms with van der Waals surface area (Å²) < 4.78 is 6.30. The highest BCUT2D eigenvalue weighted by Gasteiger charge is 2.14. The van der Waals surface area contributed by atoms with Gasteiger partial charge in [0, 0.05) is 19.2 Å². The number of esters is 1. The molecule has 120 valence electrons. The van der Waals surface area contributed by atoms with E-state index in [-0.39, 0.29) is 18.7 Å². The molecule has 1 aliphatic rings. The van der Waals surface area contributed by atoms with Gasteiger partial charge in [-0.25, -0.2) is 4.68 Å². The Bertz CT molecular complexity index is 721. The van der Waals surface area contributed by atoms with E-state index in [1.54, 1.807) is 6.20 Å². The number of ether oxygens (including phenoxy) is 1. The topological polar surface area (TPSA) is 64.4 Å². The summed E-state index contributed by atoms with van der Waals surface area (Å²) in [5.41, 5.74) is 1.44. The summed E-state index contributed by atoms with van der Waals surface area (Å²) in [6, 6.07) is 10.9. The Balaban J connectivity index is 1.59. The van der Waals surface area contributed by atoms with Crippen LogP contribution in [0.5, 0.6) is 0 Å². The van der Waals surface area contributed by atoms with Gasteiger partial charge in [-0.3, -0.25) is 9.59 Å². The Morgan fingerprint density at radius 3 is 2.61 bits per heavy atom. The molecule has 1 saturated heterocycles. The van der Waals surface area contributed by atoms with E-state index in [2.05, 4.69) is 10.00 Å². The van der Waals surface area contributed by atoms with E-state index in [9.17, 15) is 9.59 Å². The van der Waals surface area contributed by atoms with Crippen molar-refractivity contribution >= 4 is 11.7 Å². The molecule has 0 saturated carbocycles. The largest absolute Gasteiger partial charge is 0.459 e. The van der Waals surface area contributed by atoms with Crippen LogP contribution in [0.25, 0.3) is 0 Å². The zero-order valence-corrected chi connectivity index (χ0v) is 12.9. The van der Waals surface area contributed by atoms with Crippen molar-refractivity contribution in [2.24, 2.45) is 0 Å². The Labute approximate surface area is 134 Å². The van der Waals surface area contributed by atoms with Gasteiger partial charge in [0.15, 0.2) is 0 Å². The second-order valence-corrected chi connectivity index (χ2v) is 5.55. The van der Waals surface area contributed by atoms with E-state index in [1.165, 1.54) is 6.07 Å². The van der Waals surface area contributed by atoms with Gasteiger partial charge < -0.3 is 9.64 Å². The maximum atomic E-state index is 12.1. The molecule has 1 aliphatic heterocycles. The summed E-state index contributed by atoms with van der Waals surface area (Å²) in [7, 11) is 0. The minimum atomic E-state index is -0.475. The molecule has 0 radical (unpaired) electrons. The minimum Gasteiger partial charge on any atom is -0.459 e. The molecule has 2 aromatic rings. The first-order chi connectivity index (χ1) is 11.2. The lowest BCUT2D eigenvalue weighted by Crippen LogP contribution is -2.29. The van der Waals surface area contributed by atoms with Gasteiger partial charge in [0.25, 0.3) is 5.56 Å². The number of benzene rings is 1. The number of anilines is 1. The van der Waals surface area contributed by atoms with E-state index >= 15 is 0 Å². The second-order valence-electron chi connectivity index (χ2n) is 5.55. The van der Waals surface area contributed by atoms with Gasteiger partial charge in [-0.2, -0.15) is 5.10 Å². The minimum absolute atomic E-state index is 0.175. The van der Waals surface area contributed by atoms with E-state index in [0.29, 0.717) is 0 Å². The fourth-order valence-corrected chi connectivity index (χ4v) is 2.60. The van der Waals surface area contributed by atoms with Crippen LogP contribution in [0.3, 0.4) is 0 Å². The van der Waals surface area contributed by atoms with Crippen molar-refractivity contribution in [3.63, 3.8) is 0 Å². The van der Waals surface area contributed by atoms with Gasteiger partial charge >= 0.3 is 5.97 Å². The summed E-state index contributed by atoms with van der Waals surface area (Å²) >= 11 is 0. The van der Waals surface area contributed by atoms with Crippen LogP contribution in [-0.2, 0) is 22.7 Å². The lowest BCUT2D eigenvalue weighted by Gasteiger charge is -2.16. The van der Waals surface area contributed by atoms with Crippen LogP contribution in [0.15, 0.2) is 47.4 Å². The molecule has 0 amide bonds. The first-order valence-corrected chi connectivity index (χ1v) is 7.74. The molecule has 0 aliphatic carbocycles. The number of nitrogens with zero attached hydrogens (tertiary/aromatic N) is 3. The average molecular weight is 313 g/mol. The van der Waals surface area contributed by atoms with Crippen LogP contribution in [0.2, 0.25) is 0 Å². The first-order valence-electron chi connectivity index (χ1n) is 7.74. The third-order valence-corrected chi connectivity index (χ3v) is 3.85. The molecule has 0 atom stereocenters. The van der Waals surface area contributed by atoms with Gasteiger partial charge in [0.1, 0.15) is 13.2 Å². The van der Waals surface area contributed by atoms with Crippen LogP contribution in [0.1, 0.15) is 18.4 Å². The summed E-state index contributed by atoms with van der Waals surface area (Å²) in [5.74, 6) is -0.475. The van der Waals surface area contributed by atoms with E-state index in [4.69, 9.17) is 4.74 Å². The predicted octanol–water partition coefficient (Wildman–Crippen LogP) is 1.59. The van der Waals surface area contributed by atoms with Gasteiger partial charge in [-0.1, -0.05) is 30.3 Å². The van der Waals surface area contributed by atoms with Gasteiger partial charge in [-0.05, 0) is 18.4 Å². The summed E-state index contributed by atoms with van der Waals surface area (Å²) in [5, 5.41) is 4.08. The maximum Gasteiger partial charge on any atom is 0.328 e. The van der Waals surface area contributed by atoms with Gasteiger partial charge in [0.05, 0.1) is 11.9 Å². The zero-order chi connectivity index (χ0) is 16.1.